The summed E-state index contributed by atoms with van der Waals surface area (Å²) >= 11 is 0. The van der Waals surface area contributed by atoms with E-state index in [1.807, 2.05) is 33.8 Å². The Morgan fingerprint density at radius 3 is 1.19 bits per heavy atom. The molecule has 8 atom stereocenters. The van der Waals surface area contributed by atoms with Gasteiger partial charge in [-0.3, -0.25) is 9.69 Å². The molecule has 4 N–H and O–H groups in total. The highest BCUT2D eigenvalue weighted by molar-refractivity contribution is 6.07. The van der Waals surface area contributed by atoms with Crippen molar-refractivity contribution in [1.82, 2.24) is 50.9 Å². The van der Waals surface area contributed by atoms with Gasteiger partial charge in [0.15, 0.2) is 0 Å². The number of rotatable bonds is 28. The molecule has 3 aromatic heterocycles. The van der Waals surface area contributed by atoms with E-state index in [1.165, 1.54) is 72.6 Å². The molecular weight excluding hydrogens is 1440 g/mol. The number of hydrogen-bond donors (Lipinski definition) is 4. The smallest absolute Gasteiger partial charge is 0.339 e. The lowest BCUT2D eigenvalue weighted by Gasteiger charge is -2.29. The van der Waals surface area contributed by atoms with Crippen LogP contribution >= 0.6 is 0 Å². The van der Waals surface area contributed by atoms with Gasteiger partial charge in [0.25, 0.3) is 5.91 Å². The summed E-state index contributed by atoms with van der Waals surface area (Å²) in [5, 5.41) is 38.7. The molecule has 0 radical (unpaired) electrons. The third-order valence-corrected chi connectivity index (χ3v) is 18.0. The summed E-state index contributed by atoms with van der Waals surface area (Å²) in [5.74, 6) is -1.91. The maximum absolute atomic E-state index is 12.4. The van der Waals surface area contributed by atoms with Crippen molar-refractivity contribution in [3.63, 3.8) is 0 Å². The summed E-state index contributed by atoms with van der Waals surface area (Å²) in [6, 6.07) is 4.68. The number of imide groups is 1. The quantitative estimate of drug-likeness (QED) is 0.0264. The zero-order valence-electron chi connectivity index (χ0n) is 66.8. The third kappa shape index (κ3) is 24.7. The first-order chi connectivity index (χ1) is 51.4. The molecule has 4 aromatic rings. The van der Waals surface area contributed by atoms with Gasteiger partial charge in [-0.2, -0.15) is 0 Å². The second kappa shape index (κ2) is 44.0. The predicted molar refractivity (Wildman–Crippen MR) is 406 cm³/mol. The van der Waals surface area contributed by atoms with Crippen LogP contribution in [0, 0.1) is 11.8 Å². The molecule has 614 valence electrons. The Labute approximate surface area is 636 Å². The zero-order chi connectivity index (χ0) is 84.3. The number of amides is 3. The van der Waals surface area contributed by atoms with E-state index >= 15 is 0 Å². The summed E-state index contributed by atoms with van der Waals surface area (Å²) < 4.78 is 37.9. The number of ether oxygens (including phenoxy) is 6. The minimum absolute atomic E-state index is 0.0102. The predicted octanol–water partition coefficient (Wildman–Crippen LogP) is 0.760. The molecule has 1 saturated heterocycles. The monoisotopic (exact) mass is 1560 g/mol. The highest BCUT2D eigenvalue weighted by Crippen LogP contribution is 2.49. The minimum Gasteiger partial charge on any atom is -0.466 e. The maximum Gasteiger partial charge on any atom is 0.339 e. The van der Waals surface area contributed by atoms with E-state index in [4.69, 9.17) is 28.4 Å². The SMILES string of the molecule is C=CCn1c(=O)n(C)c(=O)n(C)c1=O.C=CCn1c(=O)n(C)c(=O)n(C)c1=O.C=CCn1c(=O)n(CC(O)CC)c(=O)n(CC(O)CC)c1=O.CCC(O)CN1C(=O)N(CC(O)CC)C(C)(C)C1=O.COCC(C)OC(=O)C1=C(C(=O)OC)C2CCC1C2.COCC(C)OC(=O)c1cc(C(C)(C)C)ccc1C(=O)OC. The summed E-state index contributed by atoms with van der Waals surface area (Å²) in [5.41, 5.74) is -4.86. The summed E-state index contributed by atoms with van der Waals surface area (Å²) in [7, 11) is 11.0. The van der Waals surface area contributed by atoms with Crippen LogP contribution in [-0.2, 0) is 109 Å². The van der Waals surface area contributed by atoms with Gasteiger partial charge in [-0.1, -0.05) is 72.8 Å². The molecule has 4 heterocycles. The molecule has 3 amide bonds. The van der Waals surface area contributed by atoms with Crippen LogP contribution < -0.4 is 51.2 Å². The van der Waals surface area contributed by atoms with E-state index in [9.17, 15) is 92.3 Å². The Bertz CT molecular complexity index is 4280. The normalized spacial score (nSPS) is 16.2. The molecule has 36 heteroatoms. The van der Waals surface area contributed by atoms with Crippen molar-refractivity contribution in [2.24, 2.45) is 40.0 Å². The summed E-state index contributed by atoms with van der Waals surface area (Å²) in [4.78, 5) is 180. The molecule has 0 spiro atoms. The van der Waals surface area contributed by atoms with Crippen molar-refractivity contribution < 1.29 is 77.6 Å². The van der Waals surface area contributed by atoms with Crippen molar-refractivity contribution in [1.29, 1.82) is 0 Å². The van der Waals surface area contributed by atoms with E-state index in [-0.39, 0.29) is 92.8 Å². The molecule has 2 fully saturated rings. The van der Waals surface area contributed by atoms with Crippen molar-refractivity contribution in [3.05, 3.63) is 178 Å². The van der Waals surface area contributed by atoms with E-state index in [0.717, 1.165) is 70.8 Å². The van der Waals surface area contributed by atoms with Crippen molar-refractivity contribution >= 4 is 35.8 Å². The molecule has 1 aliphatic heterocycles. The Morgan fingerprint density at radius 2 is 0.836 bits per heavy atom. The first kappa shape index (κ1) is 96.1. The second-order valence-corrected chi connectivity index (χ2v) is 27.7. The van der Waals surface area contributed by atoms with Gasteiger partial charge in [-0.25, -0.2) is 108 Å². The number of nitrogens with zero attached hydrogens (tertiary/aromatic N) is 11. The van der Waals surface area contributed by atoms with Gasteiger partial charge in [0, 0.05) is 49.0 Å². The zero-order valence-corrected chi connectivity index (χ0v) is 66.8. The molecule has 2 aliphatic carbocycles. The average Bonchev–Trinajstić information content (AvgIpc) is 1.60. The number of urea groups is 1. The number of β-amino-alcohol motifs (C(OH)–C–C–N with tert-alkyl or cyclic N) is 2. The van der Waals surface area contributed by atoms with Crippen LogP contribution in [0.3, 0.4) is 0 Å². The number of aliphatic hydroxyl groups excluding tert-OH is 4. The van der Waals surface area contributed by atoms with Gasteiger partial charge in [-0.15, -0.1) is 19.7 Å². The highest BCUT2D eigenvalue weighted by atomic mass is 16.6. The second-order valence-electron chi connectivity index (χ2n) is 27.7. The molecule has 8 unspecified atom stereocenters. The number of aromatic nitrogens is 9. The Morgan fingerprint density at radius 1 is 0.491 bits per heavy atom. The van der Waals surface area contributed by atoms with Gasteiger partial charge in [0.2, 0.25) is 0 Å². The fourth-order valence-electron chi connectivity index (χ4n) is 11.4. The van der Waals surface area contributed by atoms with Gasteiger partial charge < -0.3 is 53.7 Å². The van der Waals surface area contributed by atoms with Crippen LogP contribution in [0.5, 0.6) is 0 Å². The number of carbonyl (C=O) groups is 6. The molecule has 2 bridgehead atoms. The summed E-state index contributed by atoms with van der Waals surface area (Å²) in [6.07, 6.45) is 4.91. The lowest BCUT2D eigenvalue weighted by atomic mass is 9.85. The van der Waals surface area contributed by atoms with E-state index < -0.39 is 117 Å². The number of carbonyl (C=O) groups excluding carboxylic acids is 6. The lowest BCUT2D eigenvalue weighted by molar-refractivity contribution is -0.147. The number of allylic oxidation sites excluding steroid dienone is 3. The van der Waals surface area contributed by atoms with Crippen LogP contribution in [-0.4, -0.2) is 204 Å². The molecule has 1 aromatic carbocycles. The number of hydrogen-bond acceptors (Lipinski definition) is 25. The molecule has 1 saturated carbocycles. The van der Waals surface area contributed by atoms with E-state index in [2.05, 4.69) is 19.7 Å². The molecule has 7 rings (SSSR count). The van der Waals surface area contributed by atoms with E-state index in [1.54, 1.807) is 67.7 Å². The van der Waals surface area contributed by atoms with Gasteiger partial charge in [-0.05, 0) is 108 Å². The van der Waals surface area contributed by atoms with Gasteiger partial charge >= 0.3 is 81.1 Å². The number of aliphatic hydroxyl groups is 4. The first-order valence-electron chi connectivity index (χ1n) is 35.7. The fraction of sp³-hybridized carbons (Fsp3) is 0.608. The Hall–Kier alpha value is -10.0. The van der Waals surface area contributed by atoms with Gasteiger partial charge in [0.1, 0.15) is 17.7 Å². The van der Waals surface area contributed by atoms with Crippen LogP contribution in [0.1, 0.15) is 147 Å². The fourth-order valence-corrected chi connectivity index (χ4v) is 11.4. The largest absolute Gasteiger partial charge is 0.466 e. The van der Waals surface area contributed by atoms with Crippen LogP contribution in [0.2, 0.25) is 0 Å². The number of esters is 4. The minimum atomic E-state index is -0.972. The average molecular weight is 1560 g/mol. The Balaban J connectivity index is 0.000000451. The molecule has 36 nitrogen and oxygen atoms in total. The third-order valence-electron chi connectivity index (χ3n) is 18.0. The summed E-state index contributed by atoms with van der Waals surface area (Å²) in [6.45, 7) is 30.8. The van der Waals surface area contributed by atoms with Crippen molar-refractivity contribution in [2.45, 2.75) is 201 Å². The van der Waals surface area contributed by atoms with Crippen molar-refractivity contribution in [3.8, 4) is 0 Å². The number of methoxy groups -OCH3 is 4. The van der Waals surface area contributed by atoms with Crippen LogP contribution in [0.25, 0.3) is 0 Å². The number of fused-ring (bicyclic) bond motifs is 2. The van der Waals surface area contributed by atoms with E-state index in [0.29, 0.717) is 43.4 Å². The van der Waals surface area contributed by atoms with Crippen LogP contribution in [0.15, 0.2) is 110 Å². The van der Waals surface area contributed by atoms with Crippen LogP contribution in [0.4, 0.5) is 4.79 Å². The molecule has 3 aliphatic rings. The Kier molecular flexibility index (Phi) is 38.4. The molecular formula is C74H113N11O25. The molecule has 110 heavy (non-hydrogen) atoms. The number of benzene rings is 1. The lowest BCUT2D eigenvalue weighted by Crippen LogP contribution is -2.56. The van der Waals surface area contributed by atoms with Crippen molar-refractivity contribution in [2.75, 3.05) is 54.7 Å². The van der Waals surface area contributed by atoms with Gasteiger partial charge in [0.05, 0.1) is 113 Å². The standard InChI is InChI=1S/C17H24O5.C14H23N3O5.C14H20O5.C13H24N2O4.2C8H11N3O3/c1-11(10-20-5)22-16(19)14-9-12(17(2,3)4)7-8-13(14)15(18)21-6;1-4-7-15-12(20)16(8-10(18)5-2)14(22)17(13(15)21)9-11(19)6-3;1-8(7-17-2)19-14(16)12-10-5-4-9(6-10)11(12)13(15)18-3;1-5-9(16)7-14-11(18)13(3,4)15(12(14)19)8-10(17)6-2;2*1-4-5-11-7(13)9(2)6(12)10(3)8(11)14/h7-9,11H,10H2,1-6H3;4,10-11,18-19H,1,5-9H2,2-3H3;8-10H,4-7H2,1-3H3;9-10,16-17H,5-8H2,1-4H3;2*4H,1,5H2,2-3H3. The topological polar surface area (TPSA) is 443 Å². The first-order valence-corrected chi connectivity index (χ1v) is 35.7. The maximum atomic E-state index is 12.4. The highest BCUT2D eigenvalue weighted by Gasteiger charge is 2.52.